The SMILES string of the molecule is C[Si](C)(C)C[Si]1(C)O[Si](C)(C)O[Si](C)(O[Si](C)(C)C)O1. The van der Waals surface area contributed by atoms with Crippen LogP contribution in [0.3, 0.4) is 0 Å². The van der Waals surface area contributed by atoms with Crippen molar-refractivity contribution in [1.29, 1.82) is 0 Å². The van der Waals surface area contributed by atoms with Gasteiger partial charge in [0.05, 0.1) is 0 Å². The van der Waals surface area contributed by atoms with Gasteiger partial charge in [-0.2, -0.15) is 0 Å². The molecule has 4 nitrogen and oxygen atoms in total. The van der Waals surface area contributed by atoms with Crippen LogP contribution in [0.5, 0.6) is 0 Å². The first-order valence-corrected chi connectivity index (χ1v) is 22.0. The van der Waals surface area contributed by atoms with Crippen LogP contribution in [0.15, 0.2) is 0 Å². The molecule has 0 saturated carbocycles. The first-order chi connectivity index (χ1) is 8.54. The molecule has 0 aromatic carbocycles. The zero-order chi connectivity index (χ0) is 16.0. The Kier molecular flexibility index (Phi) is 5.24. The summed E-state index contributed by atoms with van der Waals surface area (Å²) in [6.45, 7) is 22.2. The van der Waals surface area contributed by atoms with E-state index in [1.165, 1.54) is 0 Å². The van der Waals surface area contributed by atoms with Gasteiger partial charge < -0.3 is 16.5 Å². The normalized spacial score (nSPS) is 35.1. The van der Waals surface area contributed by atoms with Crippen LogP contribution in [-0.4, -0.2) is 42.3 Å². The maximum absolute atomic E-state index is 6.46. The van der Waals surface area contributed by atoms with Crippen molar-refractivity contribution in [3.63, 3.8) is 0 Å². The van der Waals surface area contributed by atoms with Crippen molar-refractivity contribution in [3.8, 4) is 0 Å². The minimum absolute atomic E-state index is 1.11. The monoisotopic (exact) mass is 368 g/mol. The predicted octanol–water partition coefficient (Wildman–Crippen LogP) is 4.12. The Labute approximate surface area is 130 Å². The summed E-state index contributed by atoms with van der Waals surface area (Å²) >= 11 is 0. The van der Waals surface area contributed by atoms with E-state index in [-0.39, 0.29) is 0 Å². The lowest BCUT2D eigenvalue weighted by atomic mass is 11.7. The van der Waals surface area contributed by atoms with Crippen molar-refractivity contribution in [3.05, 3.63) is 0 Å². The highest BCUT2D eigenvalue weighted by Gasteiger charge is 2.58. The fourth-order valence-electron chi connectivity index (χ4n) is 3.05. The quantitative estimate of drug-likeness (QED) is 0.699. The smallest absolute Gasteiger partial charge is 0.417 e. The molecule has 1 saturated heterocycles. The number of hydrogen-bond donors (Lipinski definition) is 0. The highest BCUT2D eigenvalue weighted by Crippen LogP contribution is 2.36. The summed E-state index contributed by atoms with van der Waals surface area (Å²) < 4.78 is 25.4. The molecular formula is C11H32O4Si5. The largest absolute Gasteiger partial charge is 0.469 e. The van der Waals surface area contributed by atoms with E-state index < -0.39 is 42.3 Å². The highest BCUT2D eigenvalue weighted by molar-refractivity contribution is 6.99. The van der Waals surface area contributed by atoms with Crippen molar-refractivity contribution in [1.82, 2.24) is 0 Å². The Morgan fingerprint density at radius 2 is 1.30 bits per heavy atom. The third-order valence-corrected chi connectivity index (χ3v) is 23.7. The summed E-state index contributed by atoms with van der Waals surface area (Å²) in [5.74, 6) is 0. The van der Waals surface area contributed by atoms with E-state index >= 15 is 0 Å². The molecule has 2 atom stereocenters. The Hall–Kier alpha value is 0.924. The maximum Gasteiger partial charge on any atom is 0.469 e. The van der Waals surface area contributed by atoms with E-state index in [0.717, 1.165) is 5.67 Å². The van der Waals surface area contributed by atoms with E-state index in [9.17, 15) is 0 Å². The van der Waals surface area contributed by atoms with Crippen molar-refractivity contribution in [2.45, 2.75) is 71.1 Å². The van der Waals surface area contributed by atoms with E-state index in [4.69, 9.17) is 16.5 Å². The standard InChI is InChI=1S/C11H32O4Si5/c1-16(2,3)11-19(9)13-18(7,8)14-20(10,15-19)12-17(4,5)6/h11H2,1-10H3. The van der Waals surface area contributed by atoms with Crippen LogP contribution in [0, 0.1) is 0 Å². The van der Waals surface area contributed by atoms with Crippen LogP contribution in [0.4, 0.5) is 0 Å². The van der Waals surface area contributed by atoms with Crippen LogP contribution in [0.2, 0.25) is 71.1 Å². The van der Waals surface area contributed by atoms with Crippen molar-refractivity contribution in [2.24, 2.45) is 0 Å². The van der Waals surface area contributed by atoms with Gasteiger partial charge in [0.25, 0.3) is 0 Å². The second-order valence-electron chi connectivity index (χ2n) is 8.65. The molecule has 20 heavy (non-hydrogen) atoms. The van der Waals surface area contributed by atoms with Crippen LogP contribution in [0.1, 0.15) is 0 Å². The molecule has 0 aromatic heterocycles. The molecule has 0 aliphatic carbocycles. The first kappa shape index (κ1) is 19.0. The molecule has 2 unspecified atom stereocenters. The summed E-state index contributed by atoms with van der Waals surface area (Å²) in [6.07, 6.45) is 0. The van der Waals surface area contributed by atoms with Crippen molar-refractivity contribution >= 4 is 42.3 Å². The van der Waals surface area contributed by atoms with Gasteiger partial charge in [0.1, 0.15) is 0 Å². The van der Waals surface area contributed by atoms with Crippen LogP contribution in [-0.2, 0) is 16.5 Å². The molecule has 1 aliphatic rings. The van der Waals surface area contributed by atoms with Gasteiger partial charge in [-0.25, -0.2) is 0 Å². The zero-order valence-electron chi connectivity index (χ0n) is 14.8. The molecule has 1 rings (SSSR count). The molecule has 120 valence electrons. The molecule has 1 heterocycles. The van der Waals surface area contributed by atoms with Gasteiger partial charge in [0.15, 0.2) is 8.32 Å². The summed E-state index contributed by atoms with van der Waals surface area (Å²) in [5, 5.41) is 0. The molecule has 0 spiro atoms. The maximum atomic E-state index is 6.46. The van der Waals surface area contributed by atoms with Gasteiger partial charge in [-0.1, -0.05) is 19.6 Å². The number of rotatable bonds is 4. The molecule has 0 aromatic rings. The van der Waals surface area contributed by atoms with E-state index in [0.29, 0.717) is 0 Å². The molecule has 0 N–H and O–H groups in total. The Bertz CT molecular complexity index is 325. The highest BCUT2D eigenvalue weighted by atomic mass is 28.6. The Morgan fingerprint density at radius 1 is 0.800 bits per heavy atom. The lowest BCUT2D eigenvalue weighted by molar-refractivity contribution is 0.169. The summed E-state index contributed by atoms with van der Waals surface area (Å²) in [4.78, 5) is 0. The molecule has 9 heteroatoms. The fourth-order valence-corrected chi connectivity index (χ4v) is 30.7. The van der Waals surface area contributed by atoms with Gasteiger partial charge in [-0.15, -0.1) is 0 Å². The lowest BCUT2D eigenvalue weighted by Crippen LogP contribution is -2.70. The van der Waals surface area contributed by atoms with E-state index in [1.807, 2.05) is 0 Å². The second-order valence-corrected chi connectivity index (χ2v) is 29.5. The second kappa shape index (κ2) is 5.53. The third-order valence-electron chi connectivity index (χ3n) is 2.64. The predicted molar refractivity (Wildman–Crippen MR) is 96.6 cm³/mol. The van der Waals surface area contributed by atoms with E-state index in [2.05, 4.69) is 65.5 Å². The molecule has 0 radical (unpaired) electrons. The minimum atomic E-state index is -2.56. The van der Waals surface area contributed by atoms with Gasteiger partial charge in [0.2, 0.25) is 0 Å². The molecule has 0 amide bonds. The fraction of sp³-hybridized carbons (Fsp3) is 1.00. The average Bonchev–Trinajstić information content (AvgIpc) is 1.83. The van der Waals surface area contributed by atoms with Gasteiger partial charge in [-0.3, -0.25) is 0 Å². The van der Waals surface area contributed by atoms with Crippen molar-refractivity contribution in [2.75, 3.05) is 0 Å². The molecule has 0 bridgehead atoms. The first-order valence-electron chi connectivity index (χ1n) is 7.34. The summed E-state index contributed by atoms with van der Waals surface area (Å²) in [6, 6.07) is 0. The summed E-state index contributed by atoms with van der Waals surface area (Å²) in [5.41, 5.74) is 1.11. The van der Waals surface area contributed by atoms with Gasteiger partial charge in [-0.05, 0) is 44.9 Å². The third kappa shape index (κ3) is 6.36. The van der Waals surface area contributed by atoms with Crippen LogP contribution < -0.4 is 0 Å². The molecule has 1 aliphatic heterocycles. The minimum Gasteiger partial charge on any atom is -0.417 e. The topological polar surface area (TPSA) is 36.9 Å². The van der Waals surface area contributed by atoms with Crippen LogP contribution >= 0.6 is 0 Å². The van der Waals surface area contributed by atoms with Gasteiger partial charge >= 0.3 is 25.9 Å². The van der Waals surface area contributed by atoms with Gasteiger partial charge in [0, 0.05) is 14.6 Å². The zero-order valence-corrected chi connectivity index (χ0v) is 19.8. The molecular weight excluding hydrogens is 337 g/mol. The lowest BCUT2D eigenvalue weighted by Gasteiger charge is -2.50. The number of hydrogen-bond acceptors (Lipinski definition) is 4. The Balaban J connectivity index is 3.01. The average molecular weight is 369 g/mol. The summed E-state index contributed by atoms with van der Waals surface area (Å²) in [7, 11) is -9.82. The molecule has 1 fully saturated rings. The Morgan fingerprint density at radius 3 is 1.70 bits per heavy atom. The van der Waals surface area contributed by atoms with Crippen LogP contribution in [0.25, 0.3) is 0 Å². The van der Waals surface area contributed by atoms with Crippen molar-refractivity contribution < 1.29 is 16.5 Å². The van der Waals surface area contributed by atoms with E-state index in [1.54, 1.807) is 0 Å².